The van der Waals surface area contributed by atoms with Crippen LogP contribution in [0.2, 0.25) is 0 Å². The van der Waals surface area contributed by atoms with Gasteiger partial charge in [0.2, 0.25) is 0 Å². The Bertz CT molecular complexity index is 2630. The summed E-state index contributed by atoms with van der Waals surface area (Å²) in [6, 6.07) is 60.9. The Hall–Kier alpha value is -6.64. The molecule has 9 aromatic rings. The molecular weight excluding hydrogens is 653 g/mol. The van der Waals surface area contributed by atoms with E-state index in [0.29, 0.717) is 0 Å². The van der Waals surface area contributed by atoms with Crippen molar-refractivity contribution in [3.63, 3.8) is 0 Å². The lowest BCUT2D eigenvalue weighted by molar-refractivity contribution is 1.32. The average Bonchev–Trinajstić information content (AvgIpc) is 3.22. The van der Waals surface area contributed by atoms with Gasteiger partial charge in [0.25, 0.3) is 0 Å². The van der Waals surface area contributed by atoms with E-state index in [-0.39, 0.29) is 0 Å². The standard InChI is InChI=1S/C52H40N2/c1-33-27-43(37-17-9-5-10-18-37)35(3)45(29-33)49-31-47(39-21-13-7-14-22-39)41-25-26-42-48(40-23-15-8-16-24-40)32-50(54-52(42)51(41)53-49)46-30-34(2)28-44(36(46)4)38-19-11-6-12-20-38/h5-32H,1-4H3. The predicted octanol–water partition coefficient (Wildman–Crippen LogP) is 14.0. The first-order chi connectivity index (χ1) is 26.4. The zero-order valence-corrected chi connectivity index (χ0v) is 31.1. The molecule has 258 valence electrons. The summed E-state index contributed by atoms with van der Waals surface area (Å²) in [5, 5.41) is 2.17. The third kappa shape index (κ3) is 5.96. The van der Waals surface area contributed by atoms with Crippen LogP contribution in [-0.2, 0) is 0 Å². The van der Waals surface area contributed by atoms with Gasteiger partial charge in [-0.2, -0.15) is 0 Å². The number of rotatable bonds is 6. The van der Waals surface area contributed by atoms with Crippen LogP contribution in [0, 0.1) is 27.7 Å². The Morgan fingerprint density at radius 2 is 0.593 bits per heavy atom. The Morgan fingerprint density at radius 3 is 0.926 bits per heavy atom. The molecule has 0 atom stereocenters. The molecule has 0 aliphatic rings. The smallest absolute Gasteiger partial charge is 0.0978 e. The van der Waals surface area contributed by atoms with Crippen molar-refractivity contribution in [3.05, 3.63) is 192 Å². The number of nitrogens with zero attached hydrogens (tertiary/aromatic N) is 2. The second kappa shape index (κ2) is 13.7. The molecule has 0 spiro atoms. The molecule has 54 heavy (non-hydrogen) atoms. The van der Waals surface area contributed by atoms with E-state index >= 15 is 0 Å². The van der Waals surface area contributed by atoms with Crippen molar-refractivity contribution < 1.29 is 0 Å². The molecule has 0 aliphatic heterocycles. The summed E-state index contributed by atoms with van der Waals surface area (Å²) in [6.45, 7) is 8.81. The Kier molecular flexibility index (Phi) is 8.44. The van der Waals surface area contributed by atoms with Crippen molar-refractivity contribution in [1.29, 1.82) is 0 Å². The van der Waals surface area contributed by atoms with Crippen molar-refractivity contribution in [2.24, 2.45) is 0 Å². The highest BCUT2D eigenvalue weighted by Gasteiger charge is 2.20. The third-order valence-electron chi connectivity index (χ3n) is 10.8. The summed E-state index contributed by atoms with van der Waals surface area (Å²) in [7, 11) is 0. The maximum atomic E-state index is 5.61. The lowest BCUT2D eigenvalue weighted by Crippen LogP contribution is -1.98. The van der Waals surface area contributed by atoms with Crippen LogP contribution >= 0.6 is 0 Å². The van der Waals surface area contributed by atoms with E-state index in [2.05, 4.69) is 198 Å². The van der Waals surface area contributed by atoms with Gasteiger partial charge >= 0.3 is 0 Å². The molecule has 7 aromatic carbocycles. The Morgan fingerprint density at radius 1 is 0.296 bits per heavy atom. The van der Waals surface area contributed by atoms with E-state index in [4.69, 9.17) is 9.97 Å². The van der Waals surface area contributed by atoms with Crippen molar-refractivity contribution in [1.82, 2.24) is 9.97 Å². The minimum Gasteiger partial charge on any atom is -0.245 e. The van der Waals surface area contributed by atoms with Crippen LogP contribution in [0.1, 0.15) is 22.3 Å². The van der Waals surface area contributed by atoms with Crippen LogP contribution in [0.4, 0.5) is 0 Å². The second-order valence-corrected chi connectivity index (χ2v) is 14.4. The minimum absolute atomic E-state index is 0.902. The predicted molar refractivity (Wildman–Crippen MR) is 229 cm³/mol. The molecule has 0 N–H and O–H groups in total. The second-order valence-electron chi connectivity index (χ2n) is 14.4. The maximum Gasteiger partial charge on any atom is 0.0978 e. The number of pyridine rings is 2. The molecule has 0 amide bonds. The third-order valence-corrected chi connectivity index (χ3v) is 10.8. The largest absolute Gasteiger partial charge is 0.245 e. The molecule has 9 rings (SSSR count). The highest BCUT2D eigenvalue weighted by Crippen LogP contribution is 2.42. The zero-order chi connectivity index (χ0) is 36.8. The summed E-state index contributed by atoms with van der Waals surface area (Å²) >= 11 is 0. The number of hydrogen-bond donors (Lipinski definition) is 0. The summed E-state index contributed by atoms with van der Waals surface area (Å²) < 4.78 is 0. The summed E-state index contributed by atoms with van der Waals surface area (Å²) in [5.41, 5.74) is 20.2. The Labute approximate surface area is 317 Å². The average molecular weight is 693 g/mol. The molecule has 2 heteroatoms. The SMILES string of the molecule is Cc1cc(-c2ccccc2)c(C)c(-c2cc(-c3ccccc3)c3ccc4c(-c5ccccc5)cc(-c5cc(C)cc(-c6ccccc6)c5C)nc4c3n2)c1. The zero-order valence-electron chi connectivity index (χ0n) is 31.1. The van der Waals surface area contributed by atoms with Gasteiger partial charge in [-0.25, -0.2) is 9.97 Å². The first kappa shape index (κ1) is 33.2. The van der Waals surface area contributed by atoms with E-state index in [9.17, 15) is 0 Å². The van der Waals surface area contributed by atoms with Gasteiger partial charge < -0.3 is 0 Å². The molecule has 0 unspecified atom stereocenters. The van der Waals surface area contributed by atoms with Crippen molar-refractivity contribution in [2.75, 3.05) is 0 Å². The Balaban J connectivity index is 1.38. The molecule has 2 nitrogen and oxygen atoms in total. The molecule has 0 saturated carbocycles. The van der Waals surface area contributed by atoms with E-state index in [1.54, 1.807) is 0 Å². The van der Waals surface area contributed by atoms with Crippen molar-refractivity contribution in [2.45, 2.75) is 27.7 Å². The lowest BCUT2D eigenvalue weighted by atomic mass is 9.89. The topological polar surface area (TPSA) is 25.8 Å². The molecule has 0 radical (unpaired) electrons. The number of benzene rings is 7. The van der Waals surface area contributed by atoms with Crippen molar-refractivity contribution >= 4 is 21.8 Å². The van der Waals surface area contributed by atoms with Crippen LogP contribution in [0.5, 0.6) is 0 Å². The highest BCUT2D eigenvalue weighted by atomic mass is 14.8. The monoisotopic (exact) mass is 692 g/mol. The van der Waals surface area contributed by atoms with E-state index in [0.717, 1.165) is 66.6 Å². The van der Waals surface area contributed by atoms with Gasteiger partial charge in [-0.1, -0.05) is 146 Å². The van der Waals surface area contributed by atoms with E-state index in [1.807, 2.05) is 0 Å². The number of aromatic nitrogens is 2. The fourth-order valence-corrected chi connectivity index (χ4v) is 8.05. The number of aryl methyl sites for hydroxylation is 2. The fourth-order valence-electron chi connectivity index (χ4n) is 8.05. The first-order valence-electron chi connectivity index (χ1n) is 18.7. The lowest BCUT2D eigenvalue weighted by Gasteiger charge is -2.18. The van der Waals surface area contributed by atoms with Gasteiger partial charge in [0.1, 0.15) is 0 Å². The molecule has 0 fully saturated rings. The van der Waals surface area contributed by atoms with Gasteiger partial charge in [0.15, 0.2) is 0 Å². The van der Waals surface area contributed by atoms with Crippen LogP contribution in [-0.4, -0.2) is 9.97 Å². The molecule has 0 aliphatic carbocycles. The van der Waals surface area contributed by atoms with Crippen molar-refractivity contribution in [3.8, 4) is 67.0 Å². The normalized spacial score (nSPS) is 11.3. The molecule has 2 aromatic heterocycles. The van der Waals surface area contributed by atoms with Gasteiger partial charge in [-0.3, -0.25) is 0 Å². The highest BCUT2D eigenvalue weighted by molar-refractivity contribution is 6.13. The summed E-state index contributed by atoms with van der Waals surface area (Å²) in [4.78, 5) is 11.2. The van der Waals surface area contributed by atoms with Gasteiger partial charge in [0.05, 0.1) is 22.4 Å². The fraction of sp³-hybridized carbons (Fsp3) is 0.0769. The molecular formula is C52H40N2. The van der Waals surface area contributed by atoms with Crippen LogP contribution in [0.15, 0.2) is 170 Å². The van der Waals surface area contributed by atoms with E-state index in [1.165, 1.54) is 44.5 Å². The molecule has 2 heterocycles. The number of hydrogen-bond acceptors (Lipinski definition) is 2. The van der Waals surface area contributed by atoms with Gasteiger partial charge in [-0.05, 0) is 119 Å². The number of fused-ring (bicyclic) bond motifs is 3. The first-order valence-corrected chi connectivity index (χ1v) is 18.7. The molecule has 0 bridgehead atoms. The summed E-state index contributed by atoms with van der Waals surface area (Å²) in [5.74, 6) is 0. The van der Waals surface area contributed by atoms with Crippen LogP contribution < -0.4 is 0 Å². The molecule has 0 saturated heterocycles. The van der Waals surface area contributed by atoms with Crippen LogP contribution in [0.3, 0.4) is 0 Å². The minimum atomic E-state index is 0.902. The maximum absolute atomic E-state index is 5.61. The van der Waals surface area contributed by atoms with Gasteiger partial charge in [0, 0.05) is 21.9 Å². The van der Waals surface area contributed by atoms with Gasteiger partial charge in [-0.15, -0.1) is 0 Å². The summed E-state index contributed by atoms with van der Waals surface area (Å²) in [6.07, 6.45) is 0. The van der Waals surface area contributed by atoms with E-state index < -0.39 is 0 Å². The quantitative estimate of drug-likeness (QED) is 0.162. The van der Waals surface area contributed by atoms with Crippen LogP contribution in [0.25, 0.3) is 88.8 Å².